The molecule has 154 valence electrons. The van der Waals surface area contributed by atoms with Gasteiger partial charge in [-0.1, -0.05) is 36.8 Å². The summed E-state index contributed by atoms with van der Waals surface area (Å²) in [7, 11) is 0. The summed E-state index contributed by atoms with van der Waals surface area (Å²) in [5, 5.41) is 7.61. The zero-order valence-electron chi connectivity index (χ0n) is 17.5. The Balaban J connectivity index is 1.47. The van der Waals surface area contributed by atoms with Crippen molar-refractivity contribution in [3.8, 4) is 11.1 Å². The molecule has 0 spiro atoms. The van der Waals surface area contributed by atoms with Gasteiger partial charge in [-0.05, 0) is 68.7 Å². The Morgan fingerprint density at radius 2 is 1.87 bits per heavy atom. The van der Waals surface area contributed by atoms with E-state index >= 15 is 0 Å². The minimum atomic E-state index is 0.0120. The molecule has 0 saturated carbocycles. The predicted molar refractivity (Wildman–Crippen MR) is 117 cm³/mol. The average molecular weight is 401 g/mol. The van der Waals surface area contributed by atoms with Crippen molar-refractivity contribution in [2.75, 3.05) is 6.54 Å². The van der Waals surface area contributed by atoms with Gasteiger partial charge in [0, 0.05) is 23.5 Å². The summed E-state index contributed by atoms with van der Waals surface area (Å²) in [5.74, 6) is 0.0569. The molecule has 1 aliphatic carbocycles. The molecule has 3 aromatic rings. The SMILES string of the molecule is Cc1cc(-c2ccccc2)cc([C@@H]2CCCN2C(=O)c2n[nH]c3c2CCCCC3)n1. The standard InChI is InChI=1S/C25H28N4O/c1-17-15-19(18-9-4-2-5-10-18)16-22(26-17)23-13-8-14-29(23)25(30)24-20-11-6-3-7-12-21(20)27-28-24/h2,4-5,9-10,15-16,23H,3,6-8,11-14H2,1H3,(H,27,28)/t23-/m0/s1. The highest BCUT2D eigenvalue weighted by atomic mass is 16.2. The Morgan fingerprint density at radius 1 is 1.03 bits per heavy atom. The van der Waals surface area contributed by atoms with Gasteiger partial charge in [-0.3, -0.25) is 14.9 Å². The molecule has 1 atom stereocenters. The number of nitrogens with zero attached hydrogens (tertiary/aromatic N) is 3. The monoisotopic (exact) mass is 400 g/mol. The van der Waals surface area contributed by atoms with Crippen molar-refractivity contribution in [3.63, 3.8) is 0 Å². The number of rotatable bonds is 3. The van der Waals surface area contributed by atoms with Crippen LogP contribution in [0.5, 0.6) is 0 Å². The van der Waals surface area contributed by atoms with Gasteiger partial charge < -0.3 is 4.90 Å². The molecule has 1 aliphatic heterocycles. The van der Waals surface area contributed by atoms with E-state index in [-0.39, 0.29) is 11.9 Å². The van der Waals surface area contributed by atoms with Gasteiger partial charge in [0.15, 0.2) is 5.69 Å². The van der Waals surface area contributed by atoms with Crippen molar-refractivity contribution in [3.05, 3.63) is 70.8 Å². The first-order chi connectivity index (χ1) is 14.7. The third-order valence-electron chi connectivity index (χ3n) is 6.44. The first kappa shape index (κ1) is 19.0. The zero-order valence-corrected chi connectivity index (χ0v) is 17.5. The van der Waals surface area contributed by atoms with Crippen molar-refractivity contribution in [2.45, 2.75) is 57.9 Å². The smallest absolute Gasteiger partial charge is 0.275 e. The highest BCUT2D eigenvalue weighted by molar-refractivity contribution is 5.94. The van der Waals surface area contributed by atoms with Gasteiger partial charge in [0.25, 0.3) is 5.91 Å². The quantitative estimate of drug-likeness (QED) is 0.628. The lowest BCUT2D eigenvalue weighted by molar-refractivity contribution is 0.0725. The molecule has 1 amide bonds. The fraction of sp³-hybridized carbons (Fsp3) is 0.400. The highest BCUT2D eigenvalue weighted by Gasteiger charge is 2.34. The maximum absolute atomic E-state index is 13.5. The molecule has 5 heteroatoms. The number of hydrogen-bond donors (Lipinski definition) is 1. The van der Waals surface area contributed by atoms with E-state index < -0.39 is 0 Å². The first-order valence-electron chi connectivity index (χ1n) is 11.1. The molecule has 1 fully saturated rings. The van der Waals surface area contributed by atoms with Crippen LogP contribution in [0.15, 0.2) is 42.5 Å². The Kier molecular flexibility index (Phi) is 5.11. The van der Waals surface area contributed by atoms with E-state index in [0.717, 1.165) is 66.9 Å². The molecule has 2 aromatic heterocycles. The second kappa shape index (κ2) is 8.05. The minimum Gasteiger partial charge on any atom is -0.329 e. The minimum absolute atomic E-state index is 0.0120. The lowest BCUT2D eigenvalue weighted by atomic mass is 10.0. The number of carbonyl (C=O) groups is 1. The van der Waals surface area contributed by atoms with Crippen LogP contribution in [-0.4, -0.2) is 32.5 Å². The number of pyridine rings is 1. The van der Waals surface area contributed by atoms with Gasteiger partial charge in [-0.2, -0.15) is 5.10 Å². The van der Waals surface area contributed by atoms with Crippen LogP contribution in [0.4, 0.5) is 0 Å². The van der Waals surface area contributed by atoms with Crippen LogP contribution in [0.25, 0.3) is 11.1 Å². The number of carbonyl (C=O) groups excluding carboxylic acids is 1. The Labute approximate surface area is 177 Å². The van der Waals surface area contributed by atoms with Crippen molar-refractivity contribution >= 4 is 5.91 Å². The van der Waals surface area contributed by atoms with Crippen molar-refractivity contribution < 1.29 is 4.79 Å². The third-order valence-corrected chi connectivity index (χ3v) is 6.44. The number of fused-ring (bicyclic) bond motifs is 1. The second-order valence-corrected chi connectivity index (χ2v) is 8.53. The van der Waals surface area contributed by atoms with Gasteiger partial charge in [-0.25, -0.2) is 0 Å². The molecule has 0 unspecified atom stereocenters. The van der Waals surface area contributed by atoms with Crippen LogP contribution in [0.2, 0.25) is 0 Å². The molecule has 5 nitrogen and oxygen atoms in total. The Morgan fingerprint density at radius 3 is 2.73 bits per heavy atom. The molecule has 30 heavy (non-hydrogen) atoms. The number of hydrogen-bond acceptors (Lipinski definition) is 3. The number of aromatic nitrogens is 3. The summed E-state index contributed by atoms with van der Waals surface area (Å²) in [5.41, 5.74) is 7.25. The van der Waals surface area contributed by atoms with Crippen LogP contribution >= 0.6 is 0 Å². The molecular formula is C25H28N4O. The predicted octanol–water partition coefficient (Wildman–Crippen LogP) is 5.03. The highest BCUT2D eigenvalue weighted by Crippen LogP contribution is 2.35. The molecule has 5 rings (SSSR count). The number of benzene rings is 1. The number of H-pyrrole nitrogens is 1. The number of aryl methyl sites for hydroxylation is 2. The number of amides is 1. The average Bonchev–Trinajstić information content (AvgIpc) is 3.35. The van der Waals surface area contributed by atoms with Gasteiger partial charge in [0.05, 0.1) is 11.7 Å². The van der Waals surface area contributed by atoms with Crippen molar-refractivity contribution in [1.29, 1.82) is 0 Å². The Bertz CT molecular complexity index is 1060. The van der Waals surface area contributed by atoms with Crippen LogP contribution < -0.4 is 0 Å². The topological polar surface area (TPSA) is 61.9 Å². The fourth-order valence-corrected chi connectivity index (χ4v) is 4.95. The summed E-state index contributed by atoms with van der Waals surface area (Å²) in [6.45, 7) is 2.80. The van der Waals surface area contributed by atoms with Crippen molar-refractivity contribution in [2.24, 2.45) is 0 Å². The summed E-state index contributed by atoms with van der Waals surface area (Å²) in [6.07, 6.45) is 7.42. The normalized spacial score (nSPS) is 18.8. The fourth-order valence-electron chi connectivity index (χ4n) is 4.95. The van der Waals surface area contributed by atoms with Gasteiger partial charge in [-0.15, -0.1) is 0 Å². The van der Waals surface area contributed by atoms with Crippen LogP contribution in [0.1, 0.15) is 71.3 Å². The second-order valence-electron chi connectivity index (χ2n) is 8.53. The molecule has 0 radical (unpaired) electrons. The van der Waals surface area contributed by atoms with E-state index in [1.165, 1.54) is 18.4 Å². The van der Waals surface area contributed by atoms with Crippen LogP contribution in [-0.2, 0) is 12.8 Å². The van der Waals surface area contributed by atoms with E-state index in [4.69, 9.17) is 4.98 Å². The zero-order chi connectivity index (χ0) is 20.5. The first-order valence-corrected chi connectivity index (χ1v) is 11.1. The number of likely N-dealkylation sites (tertiary alicyclic amines) is 1. The molecule has 1 N–H and O–H groups in total. The maximum atomic E-state index is 13.5. The Hall–Kier alpha value is -2.95. The molecule has 0 bridgehead atoms. The summed E-state index contributed by atoms with van der Waals surface area (Å²) in [6, 6.07) is 14.7. The van der Waals surface area contributed by atoms with Crippen LogP contribution in [0.3, 0.4) is 0 Å². The van der Waals surface area contributed by atoms with E-state index in [1.807, 2.05) is 17.9 Å². The molecular weight excluding hydrogens is 372 g/mol. The molecule has 1 aromatic carbocycles. The van der Waals surface area contributed by atoms with E-state index in [0.29, 0.717) is 5.69 Å². The van der Waals surface area contributed by atoms with Gasteiger partial charge in [0.1, 0.15) is 0 Å². The van der Waals surface area contributed by atoms with Crippen LogP contribution in [0, 0.1) is 6.92 Å². The summed E-state index contributed by atoms with van der Waals surface area (Å²) in [4.78, 5) is 20.4. The summed E-state index contributed by atoms with van der Waals surface area (Å²) < 4.78 is 0. The largest absolute Gasteiger partial charge is 0.329 e. The third kappa shape index (κ3) is 3.53. The lowest BCUT2D eigenvalue weighted by Crippen LogP contribution is -2.32. The number of aromatic amines is 1. The van der Waals surface area contributed by atoms with Crippen molar-refractivity contribution in [1.82, 2.24) is 20.1 Å². The number of nitrogens with one attached hydrogen (secondary N) is 1. The maximum Gasteiger partial charge on any atom is 0.275 e. The van der Waals surface area contributed by atoms with E-state index in [9.17, 15) is 4.79 Å². The van der Waals surface area contributed by atoms with Gasteiger partial charge in [0.2, 0.25) is 0 Å². The molecule has 1 saturated heterocycles. The lowest BCUT2D eigenvalue weighted by Gasteiger charge is -2.25. The molecule has 2 aliphatic rings. The summed E-state index contributed by atoms with van der Waals surface area (Å²) >= 11 is 0. The molecule has 3 heterocycles. The van der Waals surface area contributed by atoms with Gasteiger partial charge >= 0.3 is 0 Å². The van der Waals surface area contributed by atoms with E-state index in [1.54, 1.807) is 0 Å². The van der Waals surface area contributed by atoms with E-state index in [2.05, 4.69) is 46.6 Å².